The lowest BCUT2D eigenvalue weighted by Crippen LogP contribution is -2.09. The molecule has 0 spiro atoms. The number of carbonyl (C=O) groups excluding carboxylic acids is 1. The summed E-state index contributed by atoms with van der Waals surface area (Å²) in [5.74, 6) is -0.240. The van der Waals surface area contributed by atoms with Crippen LogP contribution in [0.4, 0.5) is 10.1 Å². The molecule has 0 atom stereocenters. The minimum absolute atomic E-state index is 0.240. The third kappa shape index (κ3) is 2.02. The number of fused-ring (bicyclic) bond motifs is 1. The Kier molecular flexibility index (Phi) is 3.10. The van der Waals surface area contributed by atoms with Gasteiger partial charge in [0.15, 0.2) is 0 Å². The number of thioether (sulfide) groups is 1. The Morgan fingerprint density at radius 2 is 2.19 bits per heavy atom. The summed E-state index contributed by atoms with van der Waals surface area (Å²) in [6, 6.07) is 4.71. The molecule has 0 radical (unpaired) electrons. The number of hydrogen-bond donors (Lipinski definition) is 0. The van der Waals surface area contributed by atoms with Crippen LogP contribution in [0, 0.1) is 5.82 Å². The van der Waals surface area contributed by atoms with Gasteiger partial charge in [0.2, 0.25) is 0 Å². The van der Waals surface area contributed by atoms with Crippen LogP contribution in [0.15, 0.2) is 46.4 Å². The number of allylic oxidation sites excluding steroid dienone is 3. The first kappa shape index (κ1) is 11.0. The number of aldehydes is 1. The molecule has 0 aliphatic carbocycles. The highest BCUT2D eigenvalue weighted by Gasteiger charge is 2.21. The first-order valence-corrected chi connectivity index (χ1v) is 5.57. The number of rotatable bonds is 2. The summed E-state index contributed by atoms with van der Waals surface area (Å²) in [5, 5.41) is 0.971. The zero-order chi connectivity index (χ0) is 11.5. The van der Waals surface area contributed by atoms with Crippen LogP contribution >= 0.6 is 11.8 Å². The van der Waals surface area contributed by atoms with Crippen molar-refractivity contribution in [2.45, 2.75) is 4.90 Å². The SMILES string of the molecule is CN1C(=CC=CC=O)Sc2ccc(F)cc21. The van der Waals surface area contributed by atoms with Gasteiger partial charge in [-0.05, 0) is 30.4 Å². The number of nitrogens with zero attached hydrogens (tertiary/aromatic N) is 1. The Hall–Kier alpha value is -1.55. The standard InChI is InChI=1S/C12H10FNOS/c1-14-10-8-9(13)5-6-11(10)16-12(14)4-2-3-7-15/h2-8H,1H3. The normalized spacial score (nSPS) is 17.1. The maximum Gasteiger partial charge on any atom is 0.142 e. The van der Waals surface area contributed by atoms with Crippen molar-refractivity contribution in [3.8, 4) is 0 Å². The van der Waals surface area contributed by atoms with E-state index < -0.39 is 0 Å². The Balaban J connectivity index is 2.30. The van der Waals surface area contributed by atoms with Crippen molar-refractivity contribution in [2.24, 2.45) is 0 Å². The predicted molar refractivity (Wildman–Crippen MR) is 63.9 cm³/mol. The average Bonchev–Trinajstić information content (AvgIpc) is 2.57. The molecule has 4 heteroatoms. The topological polar surface area (TPSA) is 20.3 Å². The van der Waals surface area contributed by atoms with E-state index in [9.17, 15) is 9.18 Å². The molecule has 0 N–H and O–H groups in total. The van der Waals surface area contributed by atoms with Crippen LogP contribution in [-0.2, 0) is 4.79 Å². The maximum atomic E-state index is 13.1. The Morgan fingerprint density at radius 1 is 1.38 bits per heavy atom. The van der Waals surface area contributed by atoms with E-state index in [-0.39, 0.29) is 5.82 Å². The number of halogens is 1. The van der Waals surface area contributed by atoms with Crippen molar-refractivity contribution in [3.63, 3.8) is 0 Å². The van der Waals surface area contributed by atoms with Crippen LogP contribution in [0.2, 0.25) is 0 Å². The first-order chi connectivity index (χ1) is 7.72. The van der Waals surface area contributed by atoms with Gasteiger partial charge in [0.1, 0.15) is 12.1 Å². The van der Waals surface area contributed by atoms with E-state index in [1.807, 2.05) is 18.0 Å². The summed E-state index contributed by atoms with van der Waals surface area (Å²) in [5.41, 5.74) is 0.857. The van der Waals surface area contributed by atoms with Crippen LogP contribution in [0.1, 0.15) is 0 Å². The molecule has 16 heavy (non-hydrogen) atoms. The van der Waals surface area contributed by atoms with Gasteiger partial charge in [0, 0.05) is 11.9 Å². The highest BCUT2D eigenvalue weighted by atomic mass is 32.2. The Labute approximate surface area is 97.4 Å². The van der Waals surface area contributed by atoms with Gasteiger partial charge in [0.25, 0.3) is 0 Å². The summed E-state index contributed by atoms with van der Waals surface area (Å²) in [6.07, 6.45) is 5.65. The van der Waals surface area contributed by atoms with Gasteiger partial charge < -0.3 is 4.90 Å². The maximum absolute atomic E-state index is 13.1. The number of benzene rings is 1. The fourth-order valence-corrected chi connectivity index (χ4v) is 2.51. The molecule has 82 valence electrons. The van der Waals surface area contributed by atoms with E-state index in [1.54, 1.807) is 23.9 Å². The van der Waals surface area contributed by atoms with Crippen molar-refractivity contribution in [1.82, 2.24) is 0 Å². The number of hydrogen-bond acceptors (Lipinski definition) is 3. The molecular weight excluding hydrogens is 225 g/mol. The minimum Gasteiger partial charge on any atom is -0.338 e. The molecule has 1 aromatic rings. The smallest absolute Gasteiger partial charge is 0.142 e. The summed E-state index contributed by atoms with van der Waals surface area (Å²) in [7, 11) is 1.87. The number of carbonyl (C=O) groups is 1. The van der Waals surface area contributed by atoms with E-state index >= 15 is 0 Å². The second-order valence-corrected chi connectivity index (χ2v) is 4.36. The molecule has 0 unspecified atom stereocenters. The number of anilines is 1. The Morgan fingerprint density at radius 3 is 2.94 bits per heavy atom. The zero-order valence-electron chi connectivity index (χ0n) is 8.68. The highest BCUT2D eigenvalue weighted by Crippen LogP contribution is 2.44. The molecule has 0 aromatic heterocycles. The zero-order valence-corrected chi connectivity index (χ0v) is 9.50. The molecule has 0 bridgehead atoms. The summed E-state index contributed by atoms with van der Waals surface area (Å²) < 4.78 is 13.1. The van der Waals surface area contributed by atoms with Crippen molar-refractivity contribution in [1.29, 1.82) is 0 Å². The summed E-state index contributed by atoms with van der Waals surface area (Å²) >= 11 is 1.56. The van der Waals surface area contributed by atoms with E-state index in [1.165, 1.54) is 18.2 Å². The van der Waals surface area contributed by atoms with Crippen molar-refractivity contribution >= 4 is 23.7 Å². The van der Waals surface area contributed by atoms with E-state index in [4.69, 9.17) is 0 Å². The minimum atomic E-state index is -0.240. The van der Waals surface area contributed by atoms with Crippen LogP contribution in [0.3, 0.4) is 0 Å². The molecule has 0 saturated carbocycles. The summed E-state index contributed by atoms with van der Waals surface area (Å²) in [4.78, 5) is 13.1. The van der Waals surface area contributed by atoms with Gasteiger partial charge in [-0.15, -0.1) is 0 Å². The third-order valence-corrected chi connectivity index (χ3v) is 3.44. The van der Waals surface area contributed by atoms with Gasteiger partial charge >= 0.3 is 0 Å². The van der Waals surface area contributed by atoms with Gasteiger partial charge in [-0.25, -0.2) is 4.39 Å². The largest absolute Gasteiger partial charge is 0.338 e. The van der Waals surface area contributed by atoms with Crippen LogP contribution in [0.5, 0.6) is 0 Å². The van der Waals surface area contributed by atoms with E-state index in [2.05, 4.69) is 0 Å². The molecule has 1 aromatic carbocycles. The second kappa shape index (κ2) is 4.53. The van der Waals surface area contributed by atoms with E-state index in [0.29, 0.717) is 0 Å². The molecule has 2 rings (SSSR count). The quantitative estimate of drug-likeness (QED) is 0.580. The van der Waals surface area contributed by atoms with Crippen molar-refractivity contribution in [2.75, 3.05) is 11.9 Å². The molecule has 1 heterocycles. The fourth-order valence-electron chi connectivity index (χ4n) is 1.47. The monoisotopic (exact) mass is 235 g/mol. The van der Waals surface area contributed by atoms with Gasteiger partial charge in [0.05, 0.1) is 10.7 Å². The molecular formula is C12H10FNOS. The second-order valence-electron chi connectivity index (χ2n) is 3.30. The molecule has 0 fully saturated rings. The van der Waals surface area contributed by atoms with Gasteiger partial charge in [-0.3, -0.25) is 4.79 Å². The third-order valence-electron chi connectivity index (χ3n) is 2.26. The highest BCUT2D eigenvalue weighted by molar-refractivity contribution is 8.03. The Bertz CT molecular complexity index is 482. The average molecular weight is 235 g/mol. The lowest BCUT2D eigenvalue weighted by molar-refractivity contribution is -0.104. The molecule has 2 nitrogen and oxygen atoms in total. The van der Waals surface area contributed by atoms with Crippen molar-refractivity contribution < 1.29 is 9.18 Å². The summed E-state index contributed by atoms with van der Waals surface area (Å²) in [6.45, 7) is 0. The van der Waals surface area contributed by atoms with Crippen LogP contribution < -0.4 is 4.90 Å². The molecule has 1 aliphatic rings. The van der Waals surface area contributed by atoms with Crippen LogP contribution in [0.25, 0.3) is 0 Å². The lowest BCUT2D eigenvalue weighted by atomic mass is 10.3. The lowest BCUT2D eigenvalue weighted by Gasteiger charge is -2.12. The predicted octanol–water partition coefficient (Wildman–Crippen LogP) is 2.96. The van der Waals surface area contributed by atoms with E-state index in [0.717, 1.165) is 21.9 Å². The molecule has 0 saturated heterocycles. The fraction of sp³-hybridized carbons (Fsp3) is 0.0833. The molecule has 1 aliphatic heterocycles. The van der Waals surface area contributed by atoms with Gasteiger partial charge in [-0.2, -0.15) is 0 Å². The van der Waals surface area contributed by atoms with Crippen LogP contribution in [-0.4, -0.2) is 13.3 Å². The van der Waals surface area contributed by atoms with Crippen molar-refractivity contribution in [3.05, 3.63) is 47.3 Å². The van der Waals surface area contributed by atoms with Gasteiger partial charge in [-0.1, -0.05) is 17.8 Å². The first-order valence-electron chi connectivity index (χ1n) is 4.75. The molecule has 0 amide bonds.